The Balaban J connectivity index is 0.00000243. The number of para-hydroxylation sites is 1. The van der Waals surface area contributed by atoms with E-state index in [0.29, 0.717) is 18.5 Å². The lowest BCUT2D eigenvalue weighted by Gasteiger charge is -2.27. The van der Waals surface area contributed by atoms with Crippen molar-refractivity contribution in [1.82, 2.24) is 15.5 Å². The summed E-state index contributed by atoms with van der Waals surface area (Å²) >= 11 is 0. The average molecular weight is 394 g/mol. The standard InChI is InChI=1S/C17H22F3N3O2.ClH/c18-17(19,20)25-15-4-2-1-3-12(15)13-11-14(13)16(24)22-7-10-23-8-5-21-6-9-23;/h1-4,13-14,21H,5-11H2,(H,22,24);1H. The zero-order chi connectivity index (χ0) is 17.9. The lowest BCUT2D eigenvalue weighted by atomic mass is 10.1. The van der Waals surface area contributed by atoms with E-state index in [2.05, 4.69) is 20.3 Å². The Morgan fingerprint density at radius 2 is 1.96 bits per heavy atom. The first-order chi connectivity index (χ1) is 11.9. The Bertz CT molecular complexity index is 609. The van der Waals surface area contributed by atoms with E-state index in [1.54, 1.807) is 12.1 Å². The number of benzene rings is 1. The molecule has 1 saturated carbocycles. The number of amides is 1. The number of piperazine rings is 1. The highest BCUT2D eigenvalue weighted by atomic mass is 35.5. The molecule has 0 aromatic heterocycles. The van der Waals surface area contributed by atoms with Crippen LogP contribution in [0.1, 0.15) is 17.9 Å². The van der Waals surface area contributed by atoms with E-state index in [4.69, 9.17) is 0 Å². The Labute approximate surface area is 156 Å². The third kappa shape index (κ3) is 5.75. The minimum Gasteiger partial charge on any atom is -0.405 e. The van der Waals surface area contributed by atoms with Gasteiger partial charge in [-0.3, -0.25) is 9.69 Å². The van der Waals surface area contributed by atoms with Crippen molar-refractivity contribution >= 4 is 18.3 Å². The van der Waals surface area contributed by atoms with Crippen LogP contribution >= 0.6 is 12.4 Å². The SMILES string of the molecule is Cl.O=C(NCCN1CCNCC1)C1CC1c1ccccc1OC(F)(F)F. The molecule has 1 saturated heterocycles. The van der Waals surface area contributed by atoms with Gasteiger partial charge in [-0.15, -0.1) is 25.6 Å². The van der Waals surface area contributed by atoms with Gasteiger partial charge in [0.2, 0.25) is 5.91 Å². The highest BCUT2D eigenvalue weighted by Crippen LogP contribution is 2.50. The van der Waals surface area contributed by atoms with E-state index in [-0.39, 0.29) is 35.9 Å². The van der Waals surface area contributed by atoms with Crippen LogP contribution in [-0.2, 0) is 4.79 Å². The van der Waals surface area contributed by atoms with Crippen LogP contribution < -0.4 is 15.4 Å². The molecular weight excluding hydrogens is 371 g/mol. The maximum atomic E-state index is 12.5. The van der Waals surface area contributed by atoms with Crippen LogP contribution in [0.2, 0.25) is 0 Å². The summed E-state index contributed by atoms with van der Waals surface area (Å²) in [5.41, 5.74) is 0.446. The summed E-state index contributed by atoms with van der Waals surface area (Å²) in [6.45, 7) is 5.18. The topological polar surface area (TPSA) is 53.6 Å². The van der Waals surface area contributed by atoms with Crippen molar-refractivity contribution in [3.63, 3.8) is 0 Å². The maximum absolute atomic E-state index is 12.5. The van der Waals surface area contributed by atoms with Crippen LogP contribution in [0.25, 0.3) is 0 Å². The lowest BCUT2D eigenvalue weighted by molar-refractivity contribution is -0.274. The number of alkyl halides is 3. The van der Waals surface area contributed by atoms with Gasteiger partial charge in [-0.05, 0) is 24.0 Å². The van der Waals surface area contributed by atoms with Crippen LogP contribution in [0, 0.1) is 5.92 Å². The van der Waals surface area contributed by atoms with Crippen molar-refractivity contribution in [2.45, 2.75) is 18.7 Å². The second-order valence-electron chi connectivity index (χ2n) is 6.42. The number of carbonyl (C=O) groups is 1. The van der Waals surface area contributed by atoms with Crippen LogP contribution in [-0.4, -0.2) is 56.4 Å². The maximum Gasteiger partial charge on any atom is 0.573 e. The van der Waals surface area contributed by atoms with Gasteiger partial charge >= 0.3 is 6.36 Å². The van der Waals surface area contributed by atoms with Gasteiger partial charge in [0.25, 0.3) is 0 Å². The fraction of sp³-hybridized carbons (Fsp3) is 0.588. The first-order valence-electron chi connectivity index (χ1n) is 8.49. The summed E-state index contributed by atoms with van der Waals surface area (Å²) in [6.07, 6.45) is -4.18. The summed E-state index contributed by atoms with van der Waals surface area (Å²) in [5.74, 6) is -0.795. The molecule has 2 atom stereocenters. The van der Waals surface area contributed by atoms with E-state index in [1.165, 1.54) is 12.1 Å². The Morgan fingerprint density at radius 3 is 2.65 bits per heavy atom. The highest BCUT2D eigenvalue weighted by Gasteiger charge is 2.46. The first-order valence-corrected chi connectivity index (χ1v) is 8.49. The van der Waals surface area contributed by atoms with Crippen LogP contribution in [0.4, 0.5) is 13.2 Å². The molecule has 1 aliphatic heterocycles. The predicted octanol–water partition coefficient (Wildman–Crippen LogP) is 2.13. The van der Waals surface area contributed by atoms with E-state index in [1.807, 2.05) is 0 Å². The fourth-order valence-electron chi connectivity index (χ4n) is 3.24. The summed E-state index contributed by atoms with van der Waals surface area (Å²) in [4.78, 5) is 14.5. The van der Waals surface area contributed by atoms with Crippen molar-refractivity contribution in [2.75, 3.05) is 39.3 Å². The zero-order valence-electron chi connectivity index (χ0n) is 14.2. The van der Waals surface area contributed by atoms with Gasteiger partial charge in [-0.1, -0.05) is 18.2 Å². The minimum atomic E-state index is -4.73. The third-order valence-electron chi connectivity index (χ3n) is 4.61. The number of carbonyl (C=O) groups excluding carboxylic acids is 1. The van der Waals surface area contributed by atoms with E-state index in [0.717, 1.165) is 32.7 Å². The summed E-state index contributed by atoms with van der Waals surface area (Å²) in [5, 5.41) is 6.16. The van der Waals surface area contributed by atoms with Crippen LogP contribution in [0.15, 0.2) is 24.3 Å². The molecule has 0 radical (unpaired) electrons. The van der Waals surface area contributed by atoms with Crippen molar-refractivity contribution < 1.29 is 22.7 Å². The van der Waals surface area contributed by atoms with Gasteiger partial charge in [0.1, 0.15) is 5.75 Å². The molecule has 0 spiro atoms. The van der Waals surface area contributed by atoms with Crippen LogP contribution in [0.5, 0.6) is 5.75 Å². The monoisotopic (exact) mass is 393 g/mol. The number of ether oxygens (including phenoxy) is 1. The molecule has 146 valence electrons. The molecule has 5 nitrogen and oxygen atoms in total. The van der Waals surface area contributed by atoms with Crippen molar-refractivity contribution in [1.29, 1.82) is 0 Å². The molecular formula is C17H23ClF3N3O2. The Hall–Kier alpha value is -1.51. The second-order valence-corrected chi connectivity index (χ2v) is 6.42. The Kier molecular flexibility index (Phi) is 7.14. The van der Waals surface area contributed by atoms with E-state index < -0.39 is 6.36 Å². The number of halogens is 4. The molecule has 26 heavy (non-hydrogen) atoms. The van der Waals surface area contributed by atoms with E-state index >= 15 is 0 Å². The first kappa shape index (κ1) is 20.8. The van der Waals surface area contributed by atoms with Gasteiger partial charge in [-0.25, -0.2) is 0 Å². The average Bonchev–Trinajstić information content (AvgIpc) is 3.35. The van der Waals surface area contributed by atoms with Gasteiger partial charge in [0.05, 0.1) is 0 Å². The van der Waals surface area contributed by atoms with Crippen molar-refractivity contribution in [3.8, 4) is 5.75 Å². The number of hydrogen-bond donors (Lipinski definition) is 2. The summed E-state index contributed by atoms with van der Waals surface area (Å²) in [7, 11) is 0. The molecule has 1 heterocycles. The predicted molar refractivity (Wildman–Crippen MR) is 93.5 cm³/mol. The molecule has 1 aliphatic carbocycles. The van der Waals surface area contributed by atoms with E-state index in [9.17, 15) is 18.0 Å². The fourth-order valence-corrected chi connectivity index (χ4v) is 3.24. The van der Waals surface area contributed by atoms with Gasteiger partial charge in [0.15, 0.2) is 0 Å². The third-order valence-corrected chi connectivity index (χ3v) is 4.61. The molecule has 2 unspecified atom stereocenters. The summed E-state index contributed by atoms with van der Waals surface area (Å²) in [6, 6.07) is 6.05. The summed E-state index contributed by atoms with van der Waals surface area (Å²) < 4.78 is 41.6. The number of rotatable bonds is 6. The smallest absolute Gasteiger partial charge is 0.405 e. The van der Waals surface area contributed by atoms with Gasteiger partial charge < -0.3 is 15.4 Å². The van der Waals surface area contributed by atoms with Gasteiger partial charge in [0, 0.05) is 45.2 Å². The minimum absolute atomic E-state index is 0. The van der Waals surface area contributed by atoms with Crippen molar-refractivity contribution in [2.24, 2.45) is 5.92 Å². The lowest BCUT2D eigenvalue weighted by Crippen LogP contribution is -2.46. The van der Waals surface area contributed by atoms with Crippen molar-refractivity contribution in [3.05, 3.63) is 29.8 Å². The molecule has 2 fully saturated rings. The number of hydrogen-bond acceptors (Lipinski definition) is 4. The molecule has 0 bridgehead atoms. The number of nitrogens with zero attached hydrogens (tertiary/aromatic N) is 1. The second kappa shape index (κ2) is 8.92. The quantitative estimate of drug-likeness (QED) is 0.777. The number of nitrogens with one attached hydrogen (secondary N) is 2. The molecule has 3 rings (SSSR count). The molecule has 1 amide bonds. The molecule has 9 heteroatoms. The largest absolute Gasteiger partial charge is 0.573 e. The normalized spacial score (nSPS) is 23.0. The molecule has 1 aromatic carbocycles. The van der Waals surface area contributed by atoms with Crippen LogP contribution in [0.3, 0.4) is 0 Å². The van der Waals surface area contributed by atoms with Gasteiger partial charge in [-0.2, -0.15) is 0 Å². The molecule has 2 aliphatic rings. The Morgan fingerprint density at radius 1 is 1.27 bits per heavy atom. The molecule has 1 aromatic rings. The zero-order valence-corrected chi connectivity index (χ0v) is 15.0. The molecule has 2 N–H and O–H groups in total. The highest BCUT2D eigenvalue weighted by molar-refractivity contribution is 5.85.